The van der Waals surface area contributed by atoms with Crippen molar-refractivity contribution in [1.82, 2.24) is 9.88 Å². The number of pyridine rings is 1. The van der Waals surface area contributed by atoms with Crippen LogP contribution in [0, 0.1) is 0 Å². The molecule has 0 aliphatic carbocycles. The van der Waals surface area contributed by atoms with E-state index < -0.39 is 0 Å². The third-order valence-corrected chi connectivity index (χ3v) is 3.62. The molecule has 0 aromatic carbocycles. The number of nitrogen functional groups attached to an aromatic ring is 1. The summed E-state index contributed by atoms with van der Waals surface area (Å²) >= 11 is 0. The third-order valence-electron chi connectivity index (χ3n) is 3.62. The monoisotopic (exact) mass is 234 g/mol. The molecule has 4 nitrogen and oxygen atoms in total. The highest BCUT2D eigenvalue weighted by Crippen LogP contribution is 2.23. The quantitative estimate of drug-likeness (QED) is 0.859. The summed E-state index contributed by atoms with van der Waals surface area (Å²) in [5.74, 6) is 0.621. The van der Waals surface area contributed by atoms with Crippen LogP contribution in [0.25, 0.3) is 0 Å². The number of hydrogen-bond acceptors (Lipinski definition) is 4. The van der Waals surface area contributed by atoms with Crippen LogP contribution < -0.4 is 10.6 Å². The molecule has 1 unspecified atom stereocenters. The molecular weight excluding hydrogens is 212 g/mol. The summed E-state index contributed by atoms with van der Waals surface area (Å²) in [7, 11) is 2.10. The molecule has 1 saturated heterocycles. The van der Waals surface area contributed by atoms with Crippen molar-refractivity contribution in [3.8, 4) is 0 Å². The molecule has 1 aliphatic heterocycles. The maximum atomic E-state index is 5.90. The van der Waals surface area contributed by atoms with Crippen molar-refractivity contribution >= 4 is 11.5 Å². The molecule has 2 N–H and O–H groups in total. The highest BCUT2D eigenvalue weighted by atomic mass is 15.2. The second kappa shape index (κ2) is 5.36. The first-order valence-electron chi connectivity index (χ1n) is 6.38. The predicted octanol–water partition coefficient (Wildman–Crippen LogP) is 1.58. The predicted molar refractivity (Wildman–Crippen MR) is 72.2 cm³/mol. The van der Waals surface area contributed by atoms with E-state index in [2.05, 4.69) is 28.8 Å². The van der Waals surface area contributed by atoms with Gasteiger partial charge in [0.1, 0.15) is 5.82 Å². The fraction of sp³-hybridized carbons (Fsp3) is 0.615. The summed E-state index contributed by atoms with van der Waals surface area (Å²) < 4.78 is 0. The van der Waals surface area contributed by atoms with Crippen molar-refractivity contribution in [1.29, 1.82) is 0 Å². The zero-order chi connectivity index (χ0) is 12.3. The normalized spacial score (nSPS) is 20.7. The number of nitrogens with two attached hydrogens (primary N) is 1. The molecule has 1 atom stereocenters. The molecule has 94 valence electrons. The summed E-state index contributed by atoms with van der Waals surface area (Å²) in [6, 6.07) is 4.63. The number of hydrogen-bond donors (Lipinski definition) is 1. The smallest absolute Gasteiger partial charge is 0.146 e. The van der Waals surface area contributed by atoms with Crippen LogP contribution in [0.2, 0.25) is 0 Å². The molecule has 4 heteroatoms. The molecule has 0 saturated carbocycles. The van der Waals surface area contributed by atoms with Crippen LogP contribution >= 0.6 is 0 Å². The Balaban J connectivity index is 2.01. The zero-order valence-corrected chi connectivity index (χ0v) is 10.8. The van der Waals surface area contributed by atoms with E-state index in [4.69, 9.17) is 5.73 Å². The van der Waals surface area contributed by atoms with E-state index in [1.807, 2.05) is 12.1 Å². The van der Waals surface area contributed by atoms with Crippen LogP contribution in [0.5, 0.6) is 0 Å². The number of nitrogens with zero attached hydrogens (tertiary/aromatic N) is 3. The molecule has 1 fully saturated rings. The van der Waals surface area contributed by atoms with Crippen molar-refractivity contribution in [3.05, 3.63) is 18.3 Å². The summed E-state index contributed by atoms with van der Waals surface area (Å²) in [5.41, 5.74) is 6.93. The Bertz CT molecular complexity index is 366. The lowest BCUT2D eigenvalue weighted by molar-refractivity contribution is 0.270. The first-order valence-corrected chi connectivity index (χ1v) is 6.38. The van der Waals surface area contributed by atoms with Gasteiger partial charge in [-0.05, 0) is 38.1 Å². The minimum atomic E-state index is 0.621. The van der Waals surface area contributed by atoms with E-state index in [0.717, 1.165) is 18.8 Å². The molecule has 0 spiro atoms. The molecular formula is C13H22N4. The minimum absolute atomic E-state index is 0.621. The largest absolute Gasteiger partial charge is 0.382 e. The summed E-state index contributed by atoms with van der Waals surface area (Å²) in [6.45, 7) is 5.64. The number of aromatic nitrogens is 1. The molecule has 2 heterocycles. The van der Waals surface area contributed by atoms with Crippen LogP contribution in [-0.2, 0) is 0 Å². The van der Waals surface area contributed by atoms with Gasteiger partial charge in [-0.3, -0.25) is 4.90 Å². The Morgan fingerprint density at radius 3 is 3.12 bits per heavy atom. The minimum Gasteiger partial charge on any atom is -0.382 e. The lowest BCUT2D eigenvalue weighted by Gasteiger charge is -2.29. The summed E-state index contributed by atoms with van der Waals surface area (Å²) in [5, 5.41) is 0. The number of rotatable bonds is 4. The van der Waals surface area contributed by atoms with Crippen molar-refractivity contribution < 1.29 is 0 Å². The van der Waals surface area contributed by atoms with Crippen molar-refractivity contribution in [2.45, 2.75) is 25.8 Å². The van der Waals surface area contributed by atoms with Gasteiger partial charge in [0, 0.05) is 25.8 Å². The van der Waals surface area contributed by atoms with Gasteiger partial charge in [0.25, 0.3) is 0 Å². The van der Waals surface area contributed by atoms with Crippen molar-refractivity contribution in [2.75, 3.05) is 37.3 Å². The average Bonchev–Trinajstić information content (AvgIpc) is 2.76. The zero-order valence-electron chi connectivity index (χ0n) is 10.8. The van der Waals surface area contributed by atoms with E-state index >= 15 is 0 Å². The van der Waals surface area contributed by atoms with E-state index in [0.29, 0.717) is 11.9 Å². The fourth-order valence-electron chi connectivity index (χ4n) is 2.66. The maximum Gasteiger partial charge on any atom is 0.146 e. The first-order chi connectivity index (χ1) is 8.22. The Kier molecular flexibility index (Phi) is 3.84. The number of anilines is 2. The number of likely N-dealkylation sites (tertiary alicyclic amines) is 1. The standard InChI is InChI=1S/C13H22N4/c1-3-17-9-5-6-11(17)10-16(2)12-7-4-8-15-13(12)14/h4,7-8,11H,3,5-6,9-10H2,1-2H3,(H2,14,15). The first kappa shape index (κ1) is 12.2. The van der Waals surface area contributed by atoms with Crippen molar-refractivity contribution in [2.24, 2.45) is 0 Å². The molecule has 1 aromatic rings. The molecule has 1 aliphatic rings. The van der Waals surface area contributed by atoms with E-state index in [1.165, 1.54) is 19.4 Å². The van der Waals surface area contributed by atoms with Crippen molar-refractivity contribution in [3.63, 3.8) is 0 Å². The Morgan fingerprint density at radius 2 is 2.41 bits per heavy atom. The molecule has 0 amide bonds. The highest BCUT2D eigenvalue weighted by Gasteiger charge is 2.24. The van der Waals surface area contributed by atoms with Crippen LogP contribution in [0.1, 0.15) is 19.8 Å². The molecule has 0 radical (unpaired) electrons. The highest BCUT2D eigenvalue weighted by molar-refractivity contribution is 5.62. The second-order valence-corrected chi connectivity index (χ2v) is 4.71. The van der Waals surface area contributed by atoms with Gasteiger partial charge >= 0.3 is 0 Å². The summed E-state index contributed by atoms with van der Waals surface area (Å²) in [4.78, 5) is 8.90. The number of likely N-dealkylation sites (N-methyl/N-ethyl adjacent to an activating group) is 2. The summed E-state index contributed by atoms with van der Waals surface area (Å²) in [6.07, 6.45) is 4.34. The van der Waals surface area contributed by atoms with Gasteiger partial charge in [-0.2, -0.15) is 0 Å². The van der Waals surface area contributed by atoms with Gasteiger partial charge in [0.2, 0.25) is 0 Å². The van der Waals surface area contributed by atoms with E-state index in [-0.39, 0.29) is 0 Å². The Hall–Kier alpha value is -1.29. The van der Waals surface area contributed by atoms with Gasteiger partial charge in [0.15, 0.2) is 0 Å². The lowest BCUT2D eigenvalue weighted by Crippen LogP contribution is -2.39. The Labute approximate surface area is 103 Å². The van der Waals surface area contributed by atoms with E-state index in [9.17, 15) is 0 Å². The lowest BCUT2D eigenvalue weighted by atomic mass is 10.2. The fourth-order valence-corrected chi connectivity index (χ4v) is 2.66. The second-order valence-electron chi connectivity index (χ2n) is 4.71. The van der Waals surface area contributed by atoms with Gasteiger partial charge in [-0.1, -0.05) is 6.92 Å². The van der Waals surface area contributed by atoms with E-state index in [1.54, 1.807) is 6.20 Å². The SMILES string of the molecule is CCN1CCCC1CN(C)c1cccnc1N. The molecule has 1 aromatic heterocycles. The van der Waals surface area contributed by atoms with Crippen LogP contribution in [-0.4, -0.2) is 42.6 Å². The van der Waals surface area contributed by atoms with Gasteiger partial charge in [0.05, 0.1) is 5.69 Å². The van der Waals surface area contributed by atoms with Crippen LogP contribution in [0.15, 0.2) is 18.3 Å². The molecule has 17 heavy (non-hydrogen) atoms. The molecule has 0 bridgehead atoms. The van der Waals surface area contributed by atoms with Gasteiger partial charge in [-0.15, -0.1) is 0 Å². The third kappa shape index (κ3) is 2.69. The topological polar surface area (TPSA) is 45.4 Å². The van der Waals surface area contributed by atoms with Crippen LogP contribution in [0.4, 0.5) is 11.5 Å². The Morgan fingerprint density at radius 1 is 1.59 bits per heavy atom. The maximum absolute atomic E-state index is 5.90. The average molecular weight is 234 g/mol. The van der Waals surface area contributed by atoms with Crippen LogP contribution in [0.3, 0.4) is 0 Å². The molecule has 2 rings (SSSR count). The van der Waals surface area contributed by atoms with Gasteiger partial charge in [-0.25, -0.2) is 4.98 Å². The van der Waals surface area contributed by atoms with Gasteiger partial charge < -0.3 is 10.6 Å².